The SMILES string of the molecule is CC(C)(O)CNc1nc(OCC23CCCN2C[C@H](I)C3)nc2c(I)c(-c3cccc4cccc(Cl)c34)ncc12. The first-order valence-corrected chi connectivity index (χ1v) is 15.9. The van der Waals surface area contributed by atoms with E-state index < -0.39 is 5.60 Å². The summed E-state index contributed by atoms with van der Waals surface area (Å²) in [6.45, 7) is 6.65. The van der Waals surface area contributed by atoms with Crippen LogP contribution in [0.15, 0.2) is 42.6 Å². The fourth-order valence-corrected chi connectivity index (χ4v) is 8.28. The summed E-state index contributed by atoms with van der Waals surface area (Å²) in [4.78, 5) is 17.1. The number of hydrogen-bond donors (Lipinski definition) is 2. The van der Waals surface area contributed by atoms with Crippen molar-refractivity contribution in [3.63, 3.8) is 0 Å². The molecule has 0 spiro atoms. The third kappa shape index (κ3) is 5.41. The van der Waals surface area contributed by atoms with Crippen molar-refractivity contribution in [2.75, 3.05) is 31.6 Å². The molecule has 7 nitrogen and oxygen atoms in total. The molecule has 2 atom stereocenters. The smallest absolute Gasteiger partial charge is 0.319 e. The third-order valence-electron chi connectivity index (χ3n) is 7.69. The highest BCUT2D eigenvalue weighted by Gasteiger charge is 2.48. The van der Waals surface area contributed by atoms with Crippen LogP contribution in [0.3, 0.4) is 0 Å². The maximum atomic E-state index is 10.4. The molecule has 0 saturated carbocycles. The molecule has 2 saturated heterocycles. The van der Waals surface area contributed by atoms with E-state index in [4.69, 9.17) is 31.3 Å². The van der Waals surface area contributed by atoms with Crippen LogP contribution in [0.25, 0.3) is 32.9 Å². The van der Waals surface area contributed by atoms with E-state index in [9.17, 15) is 5.11 Å². The van der Waals surface area contributed by atoms with Crippen LogP contribution in [0, 0.1) is 3.57 Å². The molecule has 10 heteroatoms. The number of aliphatic hydroxyl groups is 1. The summed E-state index contributed by atoms with van der Waals surface area (Å²) in [6, 6.07) is 12.4. The average molecular weight is 770 g/mol. The van der Waals surface area contributed by atoms with Gasteiger partial charge >= 0.3 is 6.01 Å². The van der Waals surface area contributed by atoms with Gasteiger partial charge in [0.2, 0.25) is 0 Å². The Balaban J connectivity index is 1.44. The highest BCUT2D eigenvalue weighted by atomic mass is 127. The molecule has 2 aliphatic heterocycles. The Kier molecular flexibility index (Phi) is 7.58. The minimum Gasteiger partial charge on any atom is -0.461 e. The number of pyridine rings is 1. The monoisotopic (exact) mass is 769 g/mol. The van der Waals surface area contributed by atoms with Gasteiger partial charge in [-0.1, -0.05) is 64.5 Å². The van der Waals surface area contributed by atoms with Crippen LogP contribution >= 0.6 is 56.8 Å². The maximum absolute atomic E-state index is 10.4. The second-order valence-corrected chi connectivity index (χ2v) is 14.5. The fraction of sp³-hybridized carbons (Fsp3) is 0.414. The predicted molar refractivity (Wildman–Crippen MR) is 174 cm³/mol. The van der Waals surface area contributed by atoms with E-state index in [0.29, 0.717) is 33.9 Å². The molecule has 0 bridgehead atoms. The van der Waals surface area contributed by atoms with Crippen molar-refractivity contribution in [3.8, 4) is 17.3 Å². The second-order valence-electron chi connectivity index (χ2n) is 11.2. The third-order valence-corrected chi connectivity index (χ3v) is 9.86. The highest BCUT2D eigenvalue weighted by Crippen LogP contribution is 2.42. The van der Waals surface area contributed by atoms with Crippen LogP contribution in [-0.4, -0.2) is 66.3 Å². The largest absolute Gasteiger partial charge is 0.461 e. The lowest BCUT2D eigenvalue weighted by atomic mass is 9.95. The molecule has 0 radical (unpaired) electrons. The van der Waals surface area contributed by atoms with Crippen molar-refractivity contribution < 1.29 is 9.84 Å². The Morgan fingerprint density at radius 3 is 2.82 bits per heavy atom. The molecule has 39 heavy (non-hydrogen) atoms. The molecule has 204 valence electrons. The number of halogens is 3. The number of fused-ring (bicyclic) bond motifs is 3. The molecule has 2 N–H and O–H groups in total. The van der Waals surface area contributed by atoms with Gasteiger partial charge in [-0.15, -0.1) is 0 Å². The lowest BCUT2D eigenvalue weighted by Gasteiger charge is -2.31. The van der Waals surface area contributed by atoms with Gasteiger partial charge < -0.3 is 15.2 Å². The Morgan fingerprint density at radius 2 is 2.03 bits per heavy atom. The maximum Gasteiger partial charge on any atom is 0.319 e. The van der Waals surface area contributed by atoms with Crippen molar-refractivity contribution in [2.45, 2.75) is 48.2 Å². The summed E-state index contributed by atoms with van der Waals surface area (Å²) in [5.74, 6) is 0.601. The summed E-state index contributed by atoms with van der Waals surface area (Å²) >= 11 is 11.5. The van der Waals surface area contributed by atoms with Crippen molar-refractivity contribution in [1.29, 1.82) is 0 Å². The number of aromatic nitrogens is 3. The zero-order valence-electron chi connectivity index (χ0n) is 21.8. The molecule has 1 unspecified atom stereocenters. The Morgan fingerprint density at radius 1 is 1.23 bits per heavy atom. The molecule has 4 heterocycles. The summed E-state index contributed by atoms with van der Waals surface area (Å²) in [5.41, 5.74) is 1.66. The van der Waals surface area contributed by atoms with Crippen LogP contribution < -0.4 is 10.1 Å². The van der Waals surface area contributed by atoms with Gasteiger partial charge in [0.25, 0.3) is 0 Å². The van der Waals surface area contributed by atoms with E-state index in [1.165, 1.54) is 6.42 Å². The first-order valence-electron chi connectivity index (χ1n) is 13.2. The highest BCUT2D eigenvalue weighted by molar-refractivity contribution is 14.1. The van der Waals surface area contributed by atoms with Gasteiger partial charge in [-0.3, -0.25) is 9.88 Å². The number of ether oxygens (including phenoxy) is 1. The molecular weight excluding hydrogens is 740 g/mol. The molecule has 6 rings (SSSR count). The summed E-state index contributed by atoms with van der Waals surface area (Å²) in [6.07, 6.45) is 5.26. The fourth-order valence-electron chi connectivity index (χ4n) is 5.86. The van der Waals surface area contributed by atoms with Crippen LogP contribution in [0.4, 0.5) is 5.82 Å². The minimum absolute atomic E-state index is 0.0567. The predicted octanol–water partition coefficient (Wildman–Crippen LogP) is 6.71. The van der Waals surface area contributed by atoms with E-state index in [1.54, 1.807) is 20.0 Å². The zero-order chi connectivity index (χ0) is 27.4. The van der Waals surface area contributed by atoms with Gasteiger partial charge in [0.1, 0.15) is 12.4 Å². The van der Waals surface area contributed by atoms with E-state index >= 15 is 0 Å². The molecule has 2 fully saturated rings. The van der Waals surface area contributed by atoms with Crippen molar-refractivity contribution >= 4 is 84.3 Å². The number of nitrogens with one attached hydrogen (secondary N) is 1. The van der Waals surface area contributed by atoms with Crippen molar-refractivity contribution in [1.82, 2.24) is 19.9 Å². The number of alkyl halides is 1. The van der Waals surface area contributed by atoms with Gasteiger partial charge in [0, 0.05) is 39.2 Å². The lowest BCUT2D eigenvalue weighted by molar-refractivity contribution is 0.0943. The molecule has 2 aromatic heterocycles. The van der Waals surface area contributed by atoms with Crippen molar-refractivity contribution in [3.05, 3.63) is 51.2 Å². The topological polar surface area (TPSA) is 83.4 Å². The quantitative estimate of drug-likeness (QED) is 0.160. The van der Waals surface area contributed by atoms with Gasteiger partial charge in [-0.25, -0.2) is 0 Å². The Bertz CT molecular complexity index is 1560. The number of nitrogens with zero attached hydrogens (tertiary/aromatic N) is 4. The van der Waals surface area contributed by atoms with Crippen molar-refractivity contribution in [2.24, 2.45) is 0 Å². The van der Waals surface area contributed by atoms with Crippen LogP contribution in [-0.2, 0) is 0 Å². The van der Waals surface area contributed by atoms with Crippen LogP contribution in [0.1, 0.15) is 33.1 Å². The van der Waals surface area contributed by atoms with E-state index in [-0.39, 0.29) is 5.54 Å². The normalized spacial score (nSPS) is 21.5. The Labute approximate surface area is 260 Å². The van der Waals surface area contributed by atoms with E-state index in [2.05, 4.69) is 67.5 Å². The molecule has 2 aromatic carbocycles. The standard InChI is InChI=1S/C29H30ClI2N5O2/c1-28(2,38)15-34-26-20-13-33-24(19-8-3-6-17-7-4-9-21(30)22(17)19)23(32)25(20)35-27(36-26)39-16-29-10-5-11-37(29)14-18(31)12-29/h3-4,6-9,13,18,38H,5,10-12,14-16H2,1-2H3,(H,34,35,36)/t18-,29?/m1/s1. The minimum atomic E-state index is -0.916. The van der Waals surface area contributed by atoms with Gasteiger partial charge in [0.15, 0.2) is 0 Å². The van der Waals surface area contributed by atoms with Crippen LogP contribution in [0.5, 0.6) is 6.01 Å². The first kappa shape index (κ1) is 27.6. The number of benzene rings is 2. The zero-order valence-corrected chi connectivity index (χ0v) is 26.9. The molecule has 0 aliphatic carbocycles. The van der Waals surface area contributed by atoms with Gasteiger partial charge in [-0.2, -0.15) is 9.97 Å². The summed E-state index contributed by atoms with van der Waals surface area (Å²) in [7, 11) is 0. The summed E-state index contributed by atoms with van der Waals surface area (Å²) in [5, 5.41) is 17.2. The second kappa shape index (κ2) is 10.7. The molecule has 2 aliphatic rings. The number of anilines is 1. The van der Waals surface area contributed by atoms with Crippen LogP contribution in [0.2, 0.25) is 5.02 Å². The lowest BCUT2D eigenvalue weighted by Crippen LogP contribution is -2.43. The Hall–Kier alpha value is -1.54. The summed E-state index contributed by atoms with van der Waals surface area (Å²) < 4.78 is 7.93. The first-order chi connectivity index (χ1) is 18.6. The number of rotatable bonds is 7. The molecular formula is C29H30ClI2N5O2. The average Bonchev–Trinajstić information content (AvgIpc) is 3.42. The molecule has 4 aromatic rings. The number of hydrogen-bond acceptors (Lipinski definition) is 7. The van der Waals surface area contributed by atoms with E-state index in [0.717, 1.165) is 62.4 Å². The molecule has 0 amide bonds. The van der Waals surface area contributed by atoms with Gasteiger partial charge in [0.05, 0.1) is 31.3 Å². The van der Waals surface area contributed by atoms with Gasteiger partial charge in [-0.05, 0) is 73.7 Å². The van der Waals surface area contributed by atoms with E-state index in [1.807, 2.05) is 24.3 Å².